The van der Waals surface area contributed by atoms with Gasteiger partial charge in [0.2, 0.25) is 5.91 Å². The molecule has 0 heterocycles. The van der Waals surface area contributed by atoms with Crippen molar-refractivity contribution < 1.29 is 9.90 Å². The molecule has 0 spiro atoms. The van der Waals surface area contributed by atoms with Crippen LogP contribution in [-0.4, -0.2) is 24.2 Å². The molecule has 0 saturated carbocycles. The topological polar surface area (TPSA) is 49.3 Å². The molecule has 3 heteroatoms. The number of hydrogen-bond donors (Lipinski definition) is 2. The van der Waals surface area contributed by atoms with Crippen LogP contribution in [0, 0.1) is 20.8 Å². The zero-order valence-corrected chi connectivity index (χ0v) is 11.9. The standard InChI is InChI=1S/C15H23NO2/c1-10-6-11(2)14(12(3)7-10)15(4,5)9-16-13(18)8-17/h6-7,17H,8-9H2,1-5H3,(H,16,18). The first kappa shape index (κ1) is 14.7. The van der Waals surface area contributed by atoms with Crippen LogP contribution in [0.15, 0.2) is 12.1 Å². The fourth-order valence-electron chi connectivity index (χ4n) is 2.71. The highest BCUT2D eigenvalue weighted by Crippen LogP contribution is 2.29. The largest absolute Gasteiger partial charge is 0.387 e. The monoisotopic (exact) mass is 249 g/mol. The van der Waals surface area contributed by atoms with E-state index in [0.717, 1.165) is 0 Å². The third kappa shape index (κ3) is 3.33. The average Bonchev–Trinajstić information content (AvgIpc) is 2.24. The van der Waals surface area contributed by atoms with Crippen LogP contribution in [0.3, 0.4) is 0 Å². The number of aryl methyl sites for hydroxylation is 3. The summed E-state index contributed by atoms with van der Waals surface area (Å²) in [5.41, 5.74) is 4.87. The van der Waals surface area contributed by atoms with Crippen LogP contribution in [0.5, 0.6) is 0 Å². The Morgan fingerprint density at radius 1 is 1.22 bits per heavy atom. The highest BCUT2D eigenvalue weighted by atomic mass is 16.3. The third-order valence-electron chi connectivity index (χ3n) is 3.22. The van der Waals surface area contributed by atoms with Crippen LogP contribution in [0.4, 0.5) is 0 Å². The van der Waals surface area contributed by atoms with Gasteiger partial charge in [0.25, 0.3) is 0 Å². The average molecular weight is 249 g/mol. The van der Waals surface area contributed by atoms with Crippen LogP contribution >= 0.6 is 0 Å². The molecule has 2 N–H and O–H groups in total. The fourth-order valence-corrected chi connectivity index (χ4v) is 2.71. The second-order valence-electron chi connectivity index (χ2n) is 5.59. The van der Waals surface area contributed by atoms with Crippen molar-refractivity contribution in [3.05, 3.63) is 34.4 Å². The van der Waals surface area contributed by atoms with E-state index in [4.69, 9.17) is 5.11 Å². The Hall–Kier alpha value is -1.35. The SMILES string of the molecule is Cc1cc(C)c(C(C)(C)CNC(=O)CO)c(C)c1. The normalized spacial score (nSPS) is 11.4. The van der Waals surface area contributed by atoms with Crippen molar-refractivity contribution in [1.82, 2.24) is 5.32 Å². The molecule has 0 fully saturated rings. The summed E-state index contributed by atoms with van der Waals surface area (Å²) in [6.45, 7) is 10.6. The Balaban J connectivity index is 3.01. The minimum Gasteiger partial charge on any atom is -0.387 e. The van der Waals surface area contributed by atoms with Gasteiger partial charge in [-0.15, -0.1) is 0 Å². The molecule has 0 bridgehead atoms. The number of nitrogens with one attached hydrogen (secondary N) is 1. The van der Waals surface area contributed by atoms with Gasteiger partial charge in [0.05, 0.1) is 0 Å². The number of carbonyl (C=O) groups is 1. The van der Waals surface area contributed by atoms with E-state index in [1.54, 1.807) is 0 Å². The fraction of sp³-hybridized carbons (Fsp3) is 0.533. The first-order valence-electron chi connectivity index (χ1n) is 6.24. The Bertz CT molecular complexity index is 427. The maximum Gasteiger partial charge on any atom is 0.245 e. The molecule has 0 unspecified atom stereocenters. The Kier molecular flexibility index (Phi) is 4.52. The van der Waals surface area contributed by atoms with Gasteiger partial charge in [-0.3, -0.25) is 4.79 Å². The second kappa shape index (κ2) is 5.53. The van der Waals surface area contributed by atoms with Gasteiger partial charge in [0.1, 0.15) is 6.61 Å². The summed E-state index contributed by atoms with van der Waals surface area (Å²) in [6, 6.07) is 4.33. The number of benzene rings is 1. The summed E-state index contributed by atoms with van der Waals surface area (Å²) in [5, 5.41) is 11.5. The lowest BCUT2D eigenvalue weighted by Gasteiger charge is -2.29. The molecule has 1 aromatic rings. The minimum absolute atomic E-state index is 0.146. The highest BCUT2D eigenvalue weighted by molar-refractivity contribution is 5.77. The zero-order chi connectivity index (χ0) is 13.9. The lowest BCUT2D eigenvalue weighted by Crippen LogP contribution is -2.38. The predicted octanol–water partition coefficient (Wildman–Crippen LogP) is 2.00. The van der Waals surface area contributed by atoms with E-state index < -0.39 is 6.61 Å². The van der Waals surface area contributed by atoms with E-state index in [1.807, 2.05) is 0 Å². The first-order chi connectivity index (χ1) is 8.27. The molecule has 1 aromatic carbocycles. The number of hydrogen-bond acceptors (Lipinski definition) is 2. The van der Waals surface area contributed by atoms with Crippen molar-refractivity contribution >= 4 is 5.91 Å². The quantitative estimate of drug-likeness (QED) is 0.857. The Morgan fingerprint density at radius 3 is 2.17 bits per heavy atom. The van der Waals surface area contributed by atoms with Crippen LogP contribution < -0.4 is 5.32 Å². The van der Waals surface area contributed by atoms with Gasteiger partial charge < -0.3 is 10.4 Å². The first-order valence-corrected chi connectivity index (χ1v) is 6.24. The maximum absolute atomic E-state index is 11.2. The Morgan fingerprint density at radius 2 is 1.72 bits per heavy atom. The van der Waals surface area contributed by atoms with Crippen molar-refractivity contribution in [2.75, 3.05) is 13.2 Å². The smallest absolute Gasteiger partial charge is 0.245 e. The highest BCUT2D eigenvalue weighted by Gasteiger charge is 2.25. The third-order valence-corrected chi connectivity index (χ3v) is 3.22. The van der Waals surface area contributed by atoms with Crippen LogP contribution in [0.25, 0.3) is 0 Å². The number of rotatable bonds is 4. The summed E-state index contributed by atoms with van der Waals surface area (Å²) < 4.78 is 0. The number of aliphatic hydroxyl groups is 1. The zero-order valence-electron chi connectivity index (χ0n) is 11.9. The molecule has 0 radical (unpaired) electrons. The van der Waals surface area contributed by atoms with Crippen LogP contribution in [0.2, 0.25) is 0 Å². The summed E-state index contributed by atoms with van der Waals surface area (Å²) >= 11 is 0. The molecule has 18 heavy (non-hydrogen) atoms. The molecule has 0 atom stereocenters. The van der Waals surface area contributed by atoms with E-state index in [1.165, 1.54) is 22.3 Å². The molecule has 0 aliphatic rings. The summed E-state index contributed by atoms with van der Waals surface area (Å²) in [6.07, 6.45) is 0. The lowest BCUT2D eigenvalue weighted by molar-refractivity contribution is -0.124. The van der Waals surface area contributed by atoms with Gasteiger partial charge >= 0.3 is 0 Å². The number of amides is 1. The van der Waals surface area contributed by atoms with Crippen LogP contribution in [-0.2, 0) is 10.2 Å². The molecule has 1 rings (SSSR count). The van der Waals surface area contributed by atoms with Crippen molar-refractivity contribution in [3.8, 4) is 0 Å². The summed E-state index contributed by atoms with van der Waals surface area (Å²) in [7, 11) is 0. The van der Waals surface area contributed by atoms with E-state index in [-0.39, 0.29) is 11.3 Å². The van der Waals surface area contributed by atoms with Crippen molar-refractivity contribution in [1.29, 1.82) is 0 Å². The van der Waals surface area contributed by atoms with E-state index >= 15 is 0 Å². The van der Waals surface area contributed by atoms with Crippen LogP contribution in [0.1, 0.15) is 36.1 Å². The maximum atomic E-state index is 11.2. The van der Waals surface area contributed by atoms with E-state index in [2.05, 4.69) is 52.1 Å². The van der Waals surface area contributed by atoms with E-state index in [0.29, 0.717) is 6.54 Å². The molecular weight excluding hydrogens is 226 g/mol. The molecule has 0 aliphatic carbocycles. The number of carbonyl (C=O) groups excluding carboxylic acids is 1. The molecule has 100 valence electrons. The molecular formula is C15H23NO2. The molecule has 0 aliphatic heterocycles. The van der Waals surface area contributed by atoms with Gasteiger partial charge in [0, 0.05) is 12.0 Å². The van der Waals surface area contributed by atoms with Gasteiger partial charge in [0.15, 0.2) is 0 Å². The molecule has 3 nitrogen and oxygen atoms in total. The van der Waals surface area contributed by atoms with E-state index in [9.17, 15) is 4.79 Å². The second-order valence-corrected chi connectivity index (χ2v) is 5.59. The van der Waals surface area contributed by atoms with Gasteiger partial charge in [-0.2, -0.15) is 0 Å². The number of aliphatic hydroxyl groups excluding tert-OH is 1. The Labute approximate surface area is 109 Å². The predicted molar refractivity (Wildman–Crippen MR) is 73.8 cm³/mol. The lowest BCUT2D eigenvalue weighted by atomic mass is 9.79. The van der Waals surface area contributed by atoms with Gasteiger partial charge in [-0.1, -0.05) is 31.5 Å². The molecule has 0 aromatic heterocycles. The van der Waals surface area contributed by atoms with Crippen molar-refractivity contribution in [2.24, 2.45) is 0 Å². The molecule has 1 amide bonds. The van der Waals surface area contributed by atoms with Gasteiger partial charge in [-0.05, 0) is 37.5 Å². The van der Waals surface area contributed by atoms with Gasteiger partial charge in [-0.25, -0.2) is 0 Å². The summed E-state index contributed by atoms with van der Waals surface area (Å²) in [5.74, 6) is -0.328. The summed E-state index contributed by atoms with van der Waals surface area (Å²) in [4.78, 5) is 11.2. The van der Waals surface area contributed by atoms with Crippen molar-refractivity contribution in [3.63, 3.8) is 0 Å². The minimum atomic E-state index is -0.456. The van der Waals surface area contributed by atoms with Crippen molar-refractivity contribution in [2.45, 2.75) is 40.0 Å². The molecule has 0 saturated heterocycles.